The van der Waals surface area contributed by atoms with Gasteiger partial charge in [-0.05, 0) is 93.4 Å². The minimum atomic E-state index is -1.14. The molecule has 13 heteroatoms. The molecule has 4 aliphatic rings. The third-order valence-electron chi connectivity index (χ3n) is 12.2. The number of carbonyl (C=O) groups excluding carboxylic acids is 3. The molecule has 0 aromatic carbocycles. The number of aliphatic hydroxyl groups is 1. The molecule has 5 unspecified atom stereocenters. The molecule has 0 bridgehead atoms. The maximum absolute atomic E-state index is 14.3. The third kappa shape index (κ3) is 8.50. The van der Waals surface area contributed by atoms with E-state index in [0.717, 1.165) is 0 Å². The first-order chi connectivity index (χ1) is 23.4. The lowest BCUT2D eigenvalue weighted by molar-refractivity contribution is -0.298. The van der Waals surface area contributed by atoms with E-state index in [-0.39, 0.29) is 29.9 Å². The molecule has 0 aromatic rings. The van der Waals surface area contributed by atoms with E-state index in [1.54, 1.807) is 21.0 Å². The fourth-order valence-corrected chi connectivity index (χ4v) is 8.83. The summed E-state index contributed by atoms with van der Waals surface area (Å²) in [5.41, 5.74) is -2.12. The van der Waals surface area contributed by atoms with Crippen LogP contribution in [0.1, 0.15) is 87.0 Å². The van der Waals surface area contributed by atoms with Crippen molar-refractivity contribution in [2.24, 2.45) is 17.8 Å². The maximum Gasteiger partial charge on any atom is 0.408 e. The van der Waals surface area contributed by atoms with Crippen molar-refractivity contribution in [3.8, 4) is 0 Å². The van der Waals surface area contributed by atoms with Crippen LogP contribution in [0.3, 0.4) is 0 Å². The second kappa shape index (κ2) is 16.4. The van der Waals surface area contributed by atoms with Gasteiger partial charge in [0.2, 0.25) is 0 Å². The van der Waals surface area contributed by atoms with E-state index in [1.165, 1.54) is 12.8 Å². The van der Waals surface area contributed by atoms with Gasteiger partial charge in [0.15, 0.2) is 17.7 Å². The molecule has 13 atom stereocenters. The van der Waals surface area contributed by atoms with E-state index in [4.69, 9.17) is 23.7 Å². The molecule has 1 aliphatic carbocycles. The van der Waals surface area contributed by atoms with Gasteiger partial charge in [-0.1, -0.05) is 27.7 Å². The van der Waals surface area contributed by atoms with Crippen molar-refractivity contribution >= 4 is 17.8 Å². The van der Waals surface area contributed by atoms with Crippen LogP contribution in [0.4, 0.5) is 4.79 Å². The number of methoxy groups -OCH3 is 1. The van der Waals surface area contributed by atoms with Crippen molar-refractivity contribution in [1.29, 1.82) is 0 Å². The number of carbonyl (C=O) groups is 3. The van der Waals surface area contributed by atoms with Crippen LogP contribution in [0.2, 0.25) is 0 Å². The van der Waals surface area contributed by atoms with Crippen molar-refractivity contribution in [1.82, 2.24) is 20.0 Å². The van der Waals surface area contributed by atoms with E-state index in [2.05, 4.69) is 29.1 Å². The zero-order valence-electron chi connectivity index (χ0n) is 32.6. The van der Waals surface area contributed by atoms with Crippen LogP contribution in [-0.2, 0) is 33.3 Å². The zero-order valence-corrected chi connectivity index (χ0v) is 32.6. The minimum absolute atomic E-state index is 0.0453. The van der Waals surface area contributed by atoms with Gasteiger partial charge in [0, 0.05) is 44.2 Å². The lowest BCUT2D eigenvalue weighted by Gasteiger charge is -2.47. The predicted octanol–water partition coefficient (Wildman–Crippen LogP) is 3.06. The van der Waals surface area contributed by atoms with Crippen molar-refractivity contribution in [3.63, 3.8) is 0 Å². The van der Waals surface area contributed by atoms with Crippen LogP contribution < -0.4 is 5.32 Å². The molecule has 4 rings (SSSR count). The maximum atomic E-state index is 14.3. The summed E-state index contributed by atoms with van der Waals surface area (Å²) in [6, 6.07) is -0.321. The lowest BCUT2D eigenvalue weighted by Crippen LogP contribution is -2.61. The highest BCUT2D eigenvalue weighted by Crippen LogP contribution is 2.40. The monoisotopic (exact) mass is 710 g/mol. The van der Waals surface area contributed by atoms with Gasteiger partial charge in [-0.3, -0.25) is 9.59 Å². The van der Waals surface area contributed by atoms with Crippen molar-refractivity contribution < 1.29 is 43.2 Å². The minimum Gasteiger partial charge on any atom is -0.457 e. The molecule has 4 fully saturated rings. The number of amides is 1. The summed E-state index contributed by atoms with van der Waals surface area (Å²) in [5, 5.41) is 14.7. The van der Waals surface area contributed by atoms with Gasteiger partial charge < -0.3 is 48.8 Å². The van der Waals surface area contributed by atoms with Crippen molar-refractivity contribution in [2.75, 3.05) is 48.4 Å². The highest BCUT2D eigenvalue weighted by Gasteiger charge is 2.58. The number of Topliss-reactive ketones (excluding diaryl/α,β-unsaturated/α-hetero) is 1. The Labute approximate surface area is 300 Å². The Morgan fingerprint density at radius 2 is 1.74 bits per heavy atom. The summed E-state index contributed by atoms with van der Waals surface area (Å²) < 4.78 is 31.7. The topological polar surface area (TPSA) is 139 Å². The zero-order chi connectivity index (χ0) is 37.3. The Morgan fingerprint density at radius 3 is 2.30 bits per heavy atom. The molecule has 1 saturated carbocycles. The van der Waals surface area contributed by atoms with Gasteiger partial charge in [-0.15, -0.1) is 0 Å². The molecule has 50 heavy (non-hydrogen) atoms. The number of rotatable bonds is 9. The molecule has 288 valence electrons. The molecule has 0 spiro atoms. The number of ketones is 1. The Hall–Kier alpha value is -1.87. The van der Waals surface area contributed by atoms with Crippen LogP contribution in [0.25, 0.3) is 0 Å². The summed E-state index contributed by atoms with van der Waals surface area (Å²) in [6.07, 6.45) is -0.106. The SMILES string of the molecule is CC[C@H]1OC(=O)C(C)C(=O)[C@H](C)[C@@H](OC2OC(CN(C)C3CC3)CC(N(C)C)C2O)[C@](C)(OC)C[C@@H](C)CN(C)[C@H](C)[C@H]2NC(=O)O[C@@]21CC. The summed E-state index contributed by atoms with van der Waals surface area (Å²) in [4.78, 5) is 47.5. The molecular formula is C37H66N4O9. The van der Waals surface area contributed by atoms with Gasteiger partial charge in [-0.25, -0.2) is 4.79 Å². The molecule has 3 aliphatic heterocycles. The van der Waals surface area contributed by atoms with E-state index in [9.17, 15) is 19.5 Å². The van der Waals surface area contributed by atoms with Crippen LogP contribution in [0, 0.1) is 17.8 Å². The number of aliphatic hydroxyl groups excluding tert-OH is 1. The number of fused-ring (bicyclic) bond motifs is 1. The summed E-state index contributed by atoms with van der Waals surface area (Å²) in [6.45, 7) is 14.6. The van der Waals surface area contributed by atoms with Gasteiger partial charge in [0.25, 0.3) is 0 Å². The highest BCUT2D eigenvalue weighted by atomic mass is 16.7. The van der Waals surface area contributed by atoms with E-state index in [0.29, 0.717) is 44.8 Å². The van der Waals surface area contributed by atoms with Crippen molar-refractivity contribution in [3.05, 3.63) is 0 Å². The summed E-state index contributed by atoms with van der Waals surface area (Å²) in [5.74, 6) is -2.98. The molecular weight excluding hydrogens is 644 g/mol. The normalized spacial score (nSPS) is 42.8. The van der Waals surface area contributed by atoms with Gasteiger partial charge in [-0.2, -0.15) is 0 Å². The Balaban J connectivity index is 1.72. The second-order valence-electron chi connectivity index (χ2n) is 16.2. The largest absolute Gasteiger partial charge is 0.457 e. The lowest BCUT2D eigenvalue weighted by atomic mass is 9.78. The number of alkyl carbamates (subject to hydrolysis) is 1. The number of likely N-dealkylation sites (N-methyl/N-ethyl adjacent to an activating group) is 3. The Morgan fingerprint density at radius 1 is 1.08 bits per heavy atom. The van der Waals surface area contributed by atoms with Crippen LogP contribution in [0.15, 0.2) is 0 Å². The molecule has 2 N–H and O–H groups in total. The summed E-state index contributed by atoms with van der Waals surface area (Å²) >= 11 is 0. The molecule has 3 heterocycles. The van der Waals surface area contributed by atoms with Crippen molar-refractivity contribution in [2.45, 2.75) is 153 Å². The number of hydrogen-bond donors (Lipinski definition) is 2. The van der Waals surface area contributed by atoms with E-state index < -0.39 is 65.7 Å². The predicted molar refractivity (Wildman–Crippen MR) is 189 cm³/mol. The number of ether oxygens (including phenoxy) is 5. The third-order valence-corrected chi connectivity index (χ3v) is 12.2. The number of nitrogens with one attached hydrogen (secondary N) is 1. The van der Waals surface area contributed by atoms with Gasteiger partial charge in [0.1, 0.15) is 18.1 Å². The van der Waals surface area contributed by atoms with Crippen LogP contribution in [-0.4, -0.2) is 152 Å². The molecule has 13 nitrogen and oxygen atoms in total. The summed E-state index contributed by atoms with van der Waals surface area (Å²) in [7, 11) is 9.61. The first-order valence-corrected chi connectivity index (χ1v) is 18.8. The molecule has 0 radical (unpaired) electrons. The smallest absolute Gasteiger partial charge is 0.408 e. The fourth-order valence-electron chi connectivity index (χ4n) is 8.83. The number of cyclic esters (lactones) is 1. The number of nitrogens with zero attached hydrogens (tertiary/aromatic N) is 3. The number of esters is 1. The standard InChI is InChI=1S/C37H66N4O9/c1-13-28-37(14-2)31(38-35(45)50-37)24(6)40(10)19-21(3)18-36(7,46-12)32(22(4)29(42)23(5)33(44)48-28)49-34-30(43)27(39(8)9)17-26(47-34)20-41(11)25-15-16-25/h21-28,30-32,34,43H,13-20H2,1-12H3,(H,38,45)/t21-,22+,23?,24-,26?,27?,28-,30?,31-,32-,34?,36-,37-/m1/s1. The second-order valence-corrected chi connectivity index (χ2v) is 16.2. The van der Waals surface area contributed by atoms with E-state index in [1.807, 2.05) is 53.7 Å². The Kier molecular flexibility index (Phi) is 13.4. The van der Waals surface area contributed by atoms with Crippen LogP contribution >= 0.6 is 0 Å². The van der Waals surface area contributed by atoms with Gasteiger partial charge >= 0.3 is 12.1 Å². The van der Waals surface area contributed by atoms with E-state index >= 15 is 0 Å². The quantitative estimate of drug-likeness (QED) is 0.269. The average molecular weight is 711 g/mol. The fraction of sp³-hybridized carbons (Fsp3) is 0.919. The Bertz CT molecular complexity index is 1190. The average Bonchev–Trinajstić information content (AvgIpc) is 3.87. The molecule has 0 aromatic heterocycles. The molecule has 3 saturated heterocycles. The van der Waals surface area contributed by atoms with Gasteiger partial charge in [0.05, 0.1) is 23.9 Å². The first kappa shape index (κ1) is 40.9. The first-order valence-electron chi connectivity index (χ1n) is 18.8. The van der Waals surface area contributed by atoms with Crippen LogP contribution in [0.5, 0.6) is 0 Å². The number of hydrogen-bond acceptors (Lipinski definition) is 12. The highest BCUT2D eigenvalue weighted by molar-refractivity contribution is 6.00. The molecule has 1 amide bonds.